The van der Waals surface area contributed by atoms with Crippen LogP contribution in [0.2, 0.25) is 0 Å². The lowest BCUT2D eigenvalue weighted by molar-refractivity contribution is -0.530. The minimum atomic E-state index is -3.54. The van der Waals surface area contributed by atoms with Gasteiger partial charge in [-0.05, 0) is 18.4 Å². The van der Waals surface area contributed by atoms with Gasteiger partial charge in [-0.2, -0.15) is 8.42 Å². The molecule has 20 heavy (non-hydrogen) atoms. The van der Waals surface area contributed by atoms with E-state index in [1.54, 1.807) is 0 Å². The van der Waals surface area contributed by atoms with Crippen LogP contribution in [0.1, 0.15) is 30.7 Å². The smallest absolute Gasteiger partial charge is 0.264 e. The van der Waals surface area contributed by atoms with Crippen LogP contribution < -0.4 is 0 Å². The summed E-state index contributed by atoms with van der Waals surface area (Å²) < 4.78 is 27.4. The second-order valence-corrected chi connectivity index (χ2v) is 6.71. The number of hydrogen-bond donors (Lipinski definition) is 0. The van der Waals surface area contributed by atoms with E-state index in [9.17, 15) is 18.5 Å². The Morgan fingerprint density at radius 2 is 1.90 bits per heavy atom. The Kier molecular flexibility index (Phi) is 4.39. The first-order valence-electron chi connectivity index (χ1n) is 6.43. The highest BCUT2D eigenvalue weighted by Crippen LogP contribution is 2.36. The molecule has 0 saturated heterocycles. The fraction of sp³-hybridized carbons (Fsp3) is 0.538. The molecule has 1 unspecified atom stereocenters. The maximum atomic E-state index is 11.2. The summed E-state index contributed by atoms with van der Waals surface area (Å²) in [5.41, 5.74) is 0.857. The molecular formula is C13H17NO5S. The van der Waals surface area contributed by atoms with Crippen LogP contribution in [-0.2, 0) is 14.3 Å². The lowest BCUT2D eigenvalue weighted by atomic mass is 9.79. The second kappa shape index (κ2) is 5.88. The maximum Gasteiger partial charge on any atom is 0.264 e. The van der Waals surface area contributed by atoms with Gasteiger partial charge < -0.3 is 0 Å². The topological polar surface area (TPSA) is 86.5 Å². The molecule has 2 rings (SSSR count). The van der Waals surface area contributed by atoms with E-state index in [-0.39, 0.29) is 10.8 Å². The van der Waals surface area contributed by atoms with Crippen LogP contribution >= 0.6 is 0 Å². The molecule has 0 bridgehead atoms. The van der Waals surface area contributed by atoms with E-state index < -0.39 is 22.3 Å². The van der Waals surface area contributed by atoms with Crippen molar-refractivity contribution < 1.29 is 17.5 Å². The van der Waals surface area contributed by atoms with Crippen molar-refractivity contribution in [3.63, 3.8) is 0 Å². The highest BCUT2D eigenvalue weighted by Gasteiger charge is 2.40. The molecule has 1 aromatic rings. The van der Waals surface area contributed by atoms with Crippen molar-refractivity contribution >= 4 is 10.1 Å². The maximum absolute atomic E-state index is 11.2. The molecular weight excluding hydrogens is 282 g/mol. The zero-order valence-electron chi connectivity index (χ0n) is 11.1. The predicted octanol–water partition coefficient (Wildman–Crippen LogP) is 1.94. The number of hydrogen-bond acceptors (Lipinski definition) is 5. The van der Waals surface area contributed by atoms with Gasteiger partial charge in [-0.25, -0.2) is 0 Å². The summed E-state index contributed by atoms with van der Waals surface area (Å²) in [6, 6.07) is 8.49. The van der Waals surface area contributed by atoms with Crippen molar-refractivity contribution in [1.82, 2.24) is 0 Å². The van der Waals surface area contributed by atoms with Crippen LogP contribution in [0.15, 0.2) is 30.3 Å². The summed E-state index contributed by atoms with van der Waals surface area (Å²) in [7, 11) is -3.54. The average molecular weight is 299 g/mol. The molecule has 1 fully saturated rings. The summed E-state index contributed by atoms with van der Waals surface area (Å²) in [4.78, 5) is 10.9. The van der Waals surface area contributed by atoms with Crippen molar-refractivity contribution in [2.45, 2.75) is 37.3 Å². The van der Waals surface area contributed by atoms with Gasteiger partial charge in [0.1, 0.15) is 0 Å². The molecule has 110 valence electrons. The van der Waals surface area contributed by atoms with Gasteiger partial charge in [0.25, 0.3) is 10.1 Å². The molecule has 0 radical (unpaired) electrons. The SMILES string of the molecule is CS(=O)(=O)OC1CC[C@@H]([N+](=O)[O-])[C@H](c2ccccc2)C1. The van der Waals surface area contributed by atoms with Gasteiger partial charge in [0.15, 0.2) is 0 Å². The van der Waals surface area contributed by atoms with Crippen molar-refractivity contribution in [3.05, 3.63) is 46.0 Å². The monoisotopic (exact) mass is 299 g/mol. The number of nitrogens with zero attached hydrogens (tertiary/aromatic N) is 1. The van der Waals surface area contributed by atoms with Crippen molar-refractivity contribution in [3.8, 4) is 0 Å². The van der Waals surface area contributed by atoms with Gasteiger partial charge in [-0.15, -0.1) is 0 Å². The van der Waals surface area contributed by atoms with Crippen LogP contribution in [0.5, 0.6) is 0 Å². The first-order chi connectivity index (χ1) is 9.37. The summed E-state index contributed by atoms with van der Waals surface area (Å²) in [5, 5.41) is 11.2. The first kappa shape index (κ1) is 14.9. The van der Waals surface area contributed by atoms with Crippen molar-refractivity contribution in [2.75, 3.05) is 6.26 Å². The summed E-state index contributed by atoms with van der Waals surface area (Å²) >= 11 is 0. The van der Waals surface area contributed by atoms with Crippen LogP contribution in [0.3, 0.4) is 0 Å². The van der Waals surface area contributed by atoms with Gasteiger partial charge in [0.2, 0.25) is 6.04 Å². The minimum absolute atomic E-state index is 0.270. The number of benzene rings is 1. The largest absolute Gasteiger partial charge is 0.267 e. The van der Waals surface area contributed by atoms with E-state index >= 15 is 0 Å². The molecule has 0 spiro atoms. The first-order valence-corrected chi connectivity index (χ1v) is 8.25. The summed E-state index contributed by atoms with van der Waals surface area (Å²) in [5.74, 6) is -0.313. The minimum Gasteiger partial charge on any atom is -0.267 e. The standard InChI is InChI=1S/C13H17NO5S/c1-20(17,18)19-11-7-8-13(14(15)16)12(9-11)10-5-3-2-4-6-10/h2-6,11-13H,7-9H2,1H3/t11?,12-,13+/m0/s1. The molecule has 6 nitrogen and oxygen atoms in total. The van der Waals surface area contributed by atoms with Crippen LogP contribution in [0.25, 0.3) is 0 Å². The average Bonchev–Trinajstić information content (AvgIpc) is 2.37. The van der Waals surface area contributed by atoms with Crippen LogP contribution in [0.4, 0.5) is 0 Å². The highest BCUT2D eigenvalue weighted by atomic mass is 32.2. The fourth-order valence-electron chi connectivity index (χ4n) is 2.76. The summed E-state index contributed by atoms with van der Waals surface area (Å²) in [6.07, 6.45) is 1.59. The Labute approximate surface area is 118 Å². The predicted molar refractivity (Wildman–Crippen MR) is 73.5 cm³/mol. The third-order valence-electron chi connectivity index (χ3n) is 3.58. The van der Waals surface area contributed by atoms with E-state index in [4.69, 9.17) is 4.18 Å². The van der Waals surface area contributed by atoms with Gasteiger partial charge in [-0.1, -0.05) is 30.3 Å². The Morgan fingerprint density at radius 3 is 2.45 bits per heavy atom. The highest BCUT2D eigenvalue weighted by molar-refractivity contribution is 7.86. The lowest BCUT2D eigenvalue weighted by Crippen LogP contribution is -2.37. The second-order valence-electron chi connectivity index (χ2n) is 5.11. The molecule has 0 aliphatic heterocycles. The zero-order valence-corrected chi connectivity index (χ0v) is 12.0. The molecule has 0 aromatic heterocycles. The van der Waals surface area contributed by atoms with E-state index in [0.717, 1.165) is 11.8 Å². The molecule has 0 heterocycles. The van der Waals surface area contributed by atoms with Crippen LogP contribution in [-0.4, -0.2) is 31.7 Å². The third kappa shape index (κ3) is 3.77. The Balaban J connectivity index is 2.21. The molecule has 0 amide bonds. The van der Waals surface area contributed by atoms with E-state index in [0.29, 0.717) is 19.3 Å². The zero-order chi connectivity index (χ0) is 14.8. The molecule has 1 aliphatic carbocycles. The molecule has 1 saturated carbocycles. The van der Waals surface area contributed by atoms with Crippen LogP contribution in [0, 0.1) is 10.1 Å². The molecule has 7 heteroatoms. The van der Waals surface area contributed by atoms with E-state index in [1.165, 1.54) is 0 Å². The third-order valence-corrected chi connectivity index (χ3v) is 4.20. The van der Waals surface area contributed by atoms with Gasteiger partial charge in [0.05, 0.1) is 18.3 Å². The number of rotatable bonds is 4. The summed E-state index contributed by atoms with van der Waals surface area (Å²) in [6.45, 7) is 0. The van der Waals surface area contributed by atoms with Gasteiger partial charge in [-0.3, -0.25) is 14.3 Å². The normalized spacial score (nSPS) is 27.1. The van der Waals surface area contributed by atoms with E-state index in [1.807, 2.05) is 30.3 Å². The molecule has 3 atom stereocenters. The Hall–Kier alpha value is -1.47. The van der Waals surface area contributed by atoms with Crippen molar-refractivity contribution in [1.29, 1.82) is 0 Å². The molecule has 1 aliphatic rings. The fourth-order valence-corrected chi connectivity index (χ4v) is 3.43. The quantitative estimate of drug-likeness (QED) is 0.482. The van der Waals surface area contributed by atoms with Crippen molar-refractivity contribution in [2.24, 2.45) is 0 Å². The Morgan fingerprint density at radius 1 is 1.25 bits per heavy atom. The van der Waals surface area contributed by atoms with Gasteiger partial charge in [0, 0.05) is 11.3 Å². The number of nitro groups is 1. The Bertz CT molecular complexity index is 572. The lowest BCUT2D eigenvalue weighted by Gasteiger charge is -2.30. The molecule has 0 N–H and O–H groups in total. The van der Waals surface area contributed by atoms with Gasteiger partial charge >= 0.3 is 0 Å². The van der Waals surface area contributed by atoms with E-state index in [2.05, 4.69) is 0 Å². The molecule has 1 aromatic carbocycles.